The lowest BCUT2D eigenvalue weighted by Gasteiger charge is -2.35. The Morgan fingerprint density at radius 2 is 2.17 bits per heavy atom. The van der Waals surface area contributed by atoms with Gasteiger partial charge in [0.1, 0.15) is 5.75 Å². The molecule has 1 aromatic carbocycles. The number of rotatable bonds is 7. The maximum absolute atomic E-state index is 12.5. The summed E-state index contributed by atoms with van der Waals surface area (Å²) in [5.41, 5.74) is 1.01. The molecule has 1 aromatic rings. The monoisotopic (exact) mass is 320 g/mol. The van der Waals surface area contributed by atoms with Gasteiger partial charge in [-0.3, -0.25) is 9.69 Å². The van der Waals surface area contributed by atoms with Gasteiger partial charge in [0.15, 0.2) is 0 Å². The minimum absolute atomic E-state index is 0.112. The van der Waals surface area contributed by atoms with Gasteiger partial charge in [0, 0.05) is 31.8 Å². The first kappa shape index (κ1) is 17.8. The summed E-state index contributed by atoms with van der Waals surface area (Å²) in [6.45, 7) is 2.10. The zero-order chi connectivity index (χ0) is 16.7. The van der Waals surface area contributed by atoms with E-state index in [9.17, 15) is 9.90 Å². The molecule has 0 saturated carbocycles. The SMILES string of the molecule is COc1ccccc1CN(C)C(=O)CN1CCCCC1CCO. The number of aliphatic hydroxyl groups excluding tert-OH is 1. The number of carbonyl (C=O) groups excluding carboxylic acids is 1. The lowest BCUT2D eigenvalue weighted by atomic mass is 9.99. The van der Waals surface area contributed by atoms with Crippen molar-refractivity contribution < 1.29 is 14.6 Å². The van der Waals surface area contributed by atoms with Crippen molar-refractivity contribution in [3.63, 3.8) is 0 Å². The zero-order valence-electron chi connectivity index (χ0n) is 14.2. The molecule has 1 saturated heterocycles. The number of piperidine rings is 1. The third kappa shape index (κ3) is 4.94. The van der Waals surface area contributed by atoms with Crippen LogP contribution in [0.3, 0.4) is 0 Å². The zero-order valence-corrected chi connectivity index (χ0v) is 14.2. The highest BCUT2D eigenvalue weighted by atomic mass is 16.5. The number of hydrogen-bond acceptors (Lipinski definition) is 4. The van der Waals surface area contributed by atoms with Crippen LogP contribution in [0.4, 0.5) is 0 Å². The Balaban J connectivity index is 1.93. The van der Waals surface area contributed by atoms with Gasteiger partial charge < -0.3 is 14.7 Å². The predicted molar refractivity (Wildman–Crippen MR) is 90.4 cm³/mol. The molecule has 5 heteroatoms. The fourth-order valence-electron chi connectivity index (χ4n) is 3.22. The highest BCUT2D eigenvalue weighted by Gasteiger charge is 2.25. The fourth-order valence-corrected chi connectivity index (χ4v) is 3.22. The highest BCUT2D eigenvalue weighted by Crippen LogP contribution is 2.21. The summed E-state index contributed by atoms with van der Waals surface area (Å²) < 4.78 is 5.35. The second-order valence-corrected chi connectivity index (χ2v) is 6.19. The molecule has 5 nitrogen and oxygen atoms in total. The Bertz CT molecular complexity index is 505. The number of benzene rings is 1. The summed E-state index contributed by atoms with van der Waals surface area (Å²) in [7, 11) is 3.48. The third-order valence-corrected chi connectivity index (χ3v) is 4.58. The van der Waals surface area contributed by atoms with Crippen LogP contribution in [0, 0.1) is 0 Å². The van der Waals surface area contributed by atoms with Crippen LogP contribution >= 0.6 is 0 Å². The molecule has 2 rings (SSSR count). The number of ether oxygens (including phenoxy) is 1. The molecule has 0 aliphatic carbocycles. The van der Waals surface area contributed by atoms with E-state index < -0.39 is 0 Å². The standard InChI is InChI=1S/C18H28N2O3/c1-19(13-15-7-3-4-9-17(15)23-2)18(22)14-20-11-6-5-8-16(20)10-12-21/h3-4,7,9,16,21H,5-6,8,10-14H2,1-2H3. The van der Waals surface area contributed by atoms with E-state index in [0.29, 0.717) is 19.1 Å². The average molecular weight is 320 g/mol. The molecule has 1 aliphatic rings. The van der Waals surface area contributed by atoms with Crippen molar-refractivity contribution in [1.82, 2.24) is 9.80 Å². The highest BCUT2D eigenvalue weighted by molar-refractivity contribution is 5.78. The number of amides is 1. The lowest BCUT2D eigenvalue weighted by Crippen LogP contribution is -2.46. The van der Waals surface area contributed by atoms with Gasteiger partial charge in [-0.2, -0.15) is 0 Å². The Morgan fingerprint density at radius 1 is 1.39 bits per heavy atom. The van der Waals surface area contributed by atoms with E-state index in [-0.39, 0.29) is 12.5 Å². The minimum Gasteiger partial charge on any atom is -0.496 e. The molecule has 0 radical (unpaired) electrons. The minimum atomic E-state index is 0.112. The van der Waals surface area contributed by atoms with Crippen LogP contribution in [0.5, 0.6) is 5.75 Å². The van der Waals surface area contributed by atoms with Crippen molar-refractivity contribution in [3.05, 3.63) is 29.8 Å². The molecule has 23 heavy (non-hydrogen) atoms. The normalized spacial score (nSPS) is 18.7. The van der Waals surface area contributed by atoms with Crippen LogP contribution in [0.1, 0.15) is 31.2 Å². The summed E-state index contributed by atoms with van der Waals surface area (Å²) in [6, 6.07) is 8.11. The average Bonchev–Trinajstić information content (AvgIpc) is 2.57. The number of carbonyl (C=O) groups is 1. The van der Waals surface area contributed by atoms with Crippen molar-refractivity contribution in [1.29, 1.82) is 0 Å². The summed E-state index contributed by atoms with van der Waals surface area (Å²) in [4.78, 5) is 16.5. The van der Waals surface area contributed by atoms with Gasteiger partial charge >= 0.3 is 0 Å². The molecule has 1 N–H and O–H groups in total. The molecule has 1 unspecified atom stereocenters. The van der Waals surface area contributed by atoms with E-state index >= 15 is 0 Å². The van der Waals surface area contributed by atoms with E-state index in [1.54, 1.807) is 12.0 Å². The molecular weight excluding hydrogens is 292 g/mol. The lowest BCUT2D eigenvalue weighted by molar-refractivity contribution is -0.132. The molecule has 1 atom stereocenters. The predicted octanol–water partition coefficient (Wildman–Crippen LogP) is 1.89. The van der Waals surface area contributed by atoms with E-state index in [1.165, 1.54) is 6.42 Å². The summed E-state index contributed by atoms with van der Waals surface area (Å²) in [5.74, 6) is 0.920. The van der Waals surface area contributed by atoms with Crippen molar-refractivity contribution >= 4 is 5.91 Å². The summed E-state index contributed by atoms with van der Waals surface area (Å²) in [5, 5.41) is 9.20. The first-order chi connectivity index (χ1) is 11.2. The smallest absolute Gasteiger partial charge is 0.236 e. The van der Waals surface area contributed by atoms with Crippen LogP contribution < -0.4 is 4.74 Å². The van der Waals surface area contributed by atoms with Crippen molar-refractivity contribution in [3.8, 4) is 5.75 Å². The van der Waals surface area contributed by atoms with Crippen LogP contribution in [-0.4, -0.2) is 60.7 Å². The topological polar surface area (TPSA) is 53.0 Å². The second-order valence-electron chi connectivity index (χ2n) is 6.19. The van der Waals surface area contributed by atoms with Gasteiger partial charge in [-0.25, -0.2) is 0 Å². The van der Waals surface area contributed by atoms with E-state index in [0.717, 1.165) is 37.1 Å². The van der Waals surface area contributed by atoms with Gasteiger partial charge in [-0.1, -0.05) is 24.6 Å². The van der Waals surface area contributed by atoms with E-state index in [4.69, 9.17) is 4.74 Å². The number of likely N-dealkylation sites (N-methyl/N-ethyl adjacent to an activating group) is 1. The number of likely N-dealkylation sites (tertiary alicyclic amines) is 1. The summed E-state index contributed by atoms with van der Waals surface area (Å²) >= 11 is 0. The fraction of sp³-hybridized carbons (Fsp3) is 0.611. The van der Waals surface area contributed by atoms with Gasteiger partial charge in [-0.05, 0) is 31.9 Å². The molecule has 0 bridgehead atoms. The maximum Gasteiger partial charge on any atom is 0.236 e. The number of hydrogen-bond donors (Lipinski definition) is 1. The van der Waals surface area contributed by atoms with Crippen molar-refractivity contribution in [2.45, 2.75) is 38.3 Å². The third-order valence-electron chi connectivity index (χ3n) is 4.58. The number of nitrogens with zero attached hydrogens (tertiary/aromatic N) is 2. The first-order valence-electron chi connectivity index (χ1n) is 8.36. The molecule has 1 amide bonds. The molecule has 0 aromatic heterocycles. The largest absolute Gasteiger partial charge is 0.496 e. The van der Waals surface area contributed by atoms with Gasteiger partial charge in [0.2, 0.25) is 5.91 Å². The van der Waals surface area contributed by atoms with Crippen LogP contribution in [0.2, 0.25) is 0 Å². The molecule has 128 valence electrons. The van der Waals surface area contributed by atoms with Gasteiger partial charge in [-0.15, -0.1) is 0 Å². The Kier molecular flexibility index (Phi) is 6.86. The van der Waals surface area contributed by atoms with E-state index in [1.807, 2.05) is 31.3 Å². The molecule has 1 aliphatic heterocycles. The number of para-hydroxylation sites is 1. The first-order valence-corrected chi connectivity index (χ1v) is 8.36. The van der Waals surface area contributed by atoms with Crippen molar-refractivity contribution in [2.24, 2.45) is 0 Å². The number of methoxy groups -OCH3 is 1. The van der Waals surface area contributed by atoms with Crippen LogP contribution in [0.15, 0.2) is 24.3 Å². The van der Waals surface area contributed by atoms with Crippen LogP contribution in [-0.2, 0) is 11.3 Å². The Hall–Kier alpha value is -1.59. The molecule has 0 spiro atoms. The number of aliphatic hydroxyl groups is 1. The quantitative estimate of drug-likeness (QED) is 0.833. The Labute approximate surface area is 138 Å². The summed E-state index contributed by atoms with van der Waals surface area (Å²) in [6.07, 6.45) is 4.14. The van der Waals surface area contributed by atoms with E-state index in [2.05, 4.69) is 4.90 Å². The Morgan fingerprint density at radius 3 is 2.91 bits per heavy atom. The second kappa shape index (κ2) is 8.89. The molecular formula is C18H28N2O3. The van der Waals surface area contributed by atoms with Crippen LogP contribution in [0.25, 0.3) is 0 Å². The maximum atomic E-state index is 12.5. The molecule has 1 heterocycles. The van der Waals surface area contributed by atoms with Gasteiger partial charge in [0.05, 0.1) is 13.7 Å². The van der Waals surface area contributed by atoms with Crippen molar-refractivity contribution in [2.75, 3.05) is 33.9 Å². The molecule has 1 fully saturated rings. The van der Waals surface area contributed by atoms with Gasteiger partial charge in [0.25, 0.3) is 0 Å².